The number of hydrogen-bond acceptors (Lipinski definition) is 3. The summed E-state index contributed by atoms with van der Waals surface area (Å²) in [5.41, 5.74) is 1.60. The van der Waals surface area contributed by atoms with Gasteiger partial charge in [0.15, 0.2) is 0 Å². The van der Waals surface area contributed by atoms with E-state index in [0.29, 0.717) is 0 Å². The molecule has 8 heteroatoms. The Labute approximate surface area is 97.4 Å². The molecular formula is C10H6F3N3O2. The maximum atomic E-state index is 12.5. The second kappa shape index (κ2) is 3.83. The summed E-state index contributed by atoms with van der Waals surface area (Å²) in [5.74, 6) is -0.923. The highest BCUT2D eigenvalue weighted by molar-refractivity contribution is 6.03. The van der Waals surface area contributed by atoms with Crippen LogP contribution < -0.4 is 11.3 Å². The summed E-state index contributed by atoms with van der Waals surface area (Å²) in [7, 11) is 0. The normalized spacial score (nSPS) is 11.7. The minimum absolute atomic E-state index is 0.0179. The standard InChI is InChI=1S/C10H6F3N3O2/c11-10(12,13)7-9(18)15-5-3-1-2-4(8(14)17)6(5)16-7/h1-3H,(H2,14,17)(H,15,18). The van der Waals surface area contributed by atoms with Crippen LogP contribution in [0, 0.1) is 0 Å². The molecule has 0 atom stereocenters. The fourth-order valence-corrected chi connectivity index (χ4v) is 1.50. The fourth-order valence-electron chi connectivity index (χ4n) is 1.50. The largest absolute Gasteiger partial charge is 0.438 e. The molecule has 94 valence electrons. The van der Waals surface area contributed by atoms with Gasteiger partial charge < -0.3 is 10.7 Å². The predicted molar refractivity (Wildman–Crippen MR) is 55.9 cm³/mol. The number of aromatic nitrogens is 2. The molecule has 18 heavy (non-hydrogen) atoms. The highest BCUT2D eigenvalue weighted by atomic mass is 19.4. The van der Waals surface area contributed by atoms with E-state index in [9.17, 15) is 22.8 Å². The fraction of sp³-hybridized carbons (Fsp3) is 0.100. The van der Waals surface area contributed by atoms with Gasteiger partial charge in [-0.3, -0.25) is 9.59 Å². The third-order valence-corrected chi connectivity index (χ3v) is 2.26. The van der Waals surface area contributed by atoms with Gasteiger partial charge in [-0.2, -0.15) is 13.2 Å². The predicted octanol–water partition coefficient (Wildman–Crippen LogP) is 1.04. The first-order valence-electron chi connectivity index (χ1n) is 4.71. The Morgan fingerprint density at radius 3 is 2.56 bits per heavy atom. The lowest BCUT2D eigenvalue weighted by molar-refractivity contribution is -0.142. The van der Waals surface area contributed by atoms with Gasteiger partial charge in [-0.1, -0.05) is 6.07 Å². The number of nitrogens with two attached hydrogens (primary N) is 1. The molecule has 0 aliphatic rings. The number of benzene rings is 1. The summed E-state index contributed by atoms with van der Waals surface area (Å²) in [6.45, 7) is 0. The minimum atomic E-state index is -4.90. The Bertz CT molecular complexity index is 691. The van der Waals surface area contributed by atoms with E-state index in [1.807, 2.05) is 4.98 Å². The van der Waals surface area contributed by atoms with Crippen LogP contribution in [0.5, 0.6) is 0 Å². The number of nitrogens with one attached hydrogen (secondary N) is 1. The molecular weight excluding hydrogens is 251 g/mol. The number of amides is 1. The lowest BCUT2D eigenvalue weighted by atomic mass is 10.1. The summed E-state index contributed by atoms with van der Waals surface area (Å²) in [4.78, 5) is 27.5. The van der Waals surface area contributed by atoms with E-state index in [1.54, 1.807) is 0 Å². The Morgan fingerprint density at radius 1 is 1.33 bits per heavy atom. The molecule has 1 aromatic carbocycles. The van der Waals surface area contributed by atoms with Crippen molar-refractivity contribution in [3.63, 3.8) is 0 Å². The van der Waals surface area contributed by atoms with Crippen molar-refractivity contribution in [3.8, 4) is 0 Å². The Morgan fingerprint density at radius 2 is 2.00 bits per heavy atom. The number of hydrogen-bond donors (Lipinski definition) is 2. The summed E-state index contributed by atoms with van der Waals surface area (Å²) in [5, 5.41) is 0. The van der Waals surface area contributed by atoms with E-state index in [2.05, 4.69) is 4.98 Å². The minimum Gasteiger partial charge on any atom is -0.366 e. The van der Waals surface area contributed by atoms with Gasteiger partial charge >= 0.3 is 6.18 Å². The molecule has 0 saturated heterocycles. The highest BCUT2D eigenvalue weighted by Crippen LogP contribution is 2.26. The summed E-state index contributed by atoms with van der Waals surface area (Å²) >= 11 is 0. The molecule has 3 N–H and O–H groups in total. The molecule has 0 spiro atoms. The molecule has 1 aromatic heterocycles. The van der Waals surface area contributed by atoms with Crippen LogP contribution in [0.4, 0.5) is 13.2 Å². The van der Waals surface area contributed by atoms with Gasteiger partial charge in [0, 0.05) is 0 Å². The Hall–Kier alpha value is -2.38. The number of primary amides is 1. The molecule has 1 heterocycles. The zero-order valence-electron chi connectivity index (χ0n) is 8.71. The van der Waals surface area contributed by atoms with E-state index in [4.69, 9.17) is 5.73 Å². The number of alkyl halides is 3. The van der Waals surface area contributed by atoms with E-state index < -0.39 is 23.3 Å². The lowest BCUT2D eigenvalue weighted by Crippen LogP contribution is -2.24. The third-order valence-electron chi connectivity index (χ3n) is 2.26. The number of para-hydroxylation sites is 1. The van der Waals surface area contributed by atoms with Gasteiger partial charge in [-0.05, 0) is 12.1 Å². The summed E-state index contributed by atoms with van der Waals surface area (Å²) in [6, 6.07) is 3.94. The van der Waals surface area contributed by atoms with Crippen molar-refractivity contribution in [2.45, 2.75) is 6.18 Å². The zero-order valence-corrected chi connectivity index (χ0v) is 8.71. The topological polar surface area (TPSA) is 88.8 Å². The van der Waals surface area contributed by atoms with Crippen LogP contribution in [0.3, 0.4) is 0 Å². The number of aromatic amines is 1. The molecule has 0 unspecified atom stereocenters. The number of carbonyl (C=O) groups is 1. The monoisotopic (exact) mass is 257 g/mol. The van der Waals surface area contributed by atoms with Crippen LogP contribution in [0.15, 0.2) is 23.0 Å². The van der Waals surface area contributed by atoms with E-state index in [0.717, 1.165) is 0 Å². The van der Waals surface area contributed by atoms with Crippen LogP contribution in [0.25, 0.3) is 11.0 Å². The Balaban J connectivity index is 2.88. The smallest absolute Gasteiger partial charge is 0.366 e. The van der Waals surface area contributed by atoms with Crippen LogP contribution in [-0.2, 0) is 6.18 Å². The first kappa shape index (κ1) is 12.1. The molecule has 1 amide bonds. The van der Waals surface area contributed by atoms with Crippen LogP contribution in [0.1, 0.15) is 16.1 Å². The van der Waals surface area contributed by atoms with Crippen molar-refractivity contribution in [2.75, 3.05) is 0 Å². The number of fused-ring (bicyclic) bond motifs is 1. The maximum Gasteiger partial charge on any atom is 0.438 e. The van der Waals surface area contributed by atoms with Gasteiger partial charge in [0.2, 0.25) is 5.69 Å². The molecule has 2 rings (SSSR count). The third kappa shape index (κ3) is 1.92. The van der Waals surface area contributed by atoms with E-state index in [-0.39, 0.29) is 16.6 Å². The van der Waals surface area contributed by atoms with Gasteiger partial charge in [0.05, 0.1) is 11.1 Å². The molecule has 0 radical (unpaired) electrons. The average Bonchev–Trinajstić information content (AvgIpc) is 2.25. The van der Waals surface area contributed by atoms with E-state index >= 15 is 0 Å². The quantitative estimate of drug-likeness (QED) is 0.799. The molecule has 0 bridgehead atoms. The number of nitrogens with zero attached hydrogens (tertiary/aromatic N) is 1. The lowest BCUT2D eigenvalue weighted by Gasteiger charge is -2.07. The van der Waals surface area contributed by atoms with Gasteiger partial charge in [-0.25, -0.2) is 4.98 Å². The summed E-state index contributed by atoms with van der Waals surface area (Å²) in [6.07, 6.45) is -4.90. The first-order valence-corrected chi connectivity index (χ1v) is 4.71. The molecule has 5 nitrogen and oxygen atoms in total. The zero-order chi connectivity index (χ0) is 13.5. The van der Waals surface area contributed by atoms with Crippen molar-refractivity contribution in [2.24, 2.45) is 5.73 Å². The van der Waals surface area contributed by atoms with Crippen molar-refractivity contribution >= 4 is 16.9 Å². The van der Waals surface area contributed by atoms with Gasteiger partial charge in [-0.15, -0.1) is 0 Å². The van der Waals surface area contributed by atoms with Crippen LogP contribution in [0.2, 0.25) is 0 Å². The van der Waals surface area contributed by atoms with Gasteiger partial charge in [0.25, 0.3) is 11.5 Å². The number of rotatable bonds is 1. The van der Waals surface area contributed by atoms with Crippen LogP contribution in [-0.4, -0.2) is 15.9 Å². The molecule has 0 aliphatic heterocycles. The highest BCUT2D eigenvalue weighted by Gasteiger charge is 2.36. The number of carbonyl (C=O) groups excluding carboxylic acids is 1. The average molecular weight is 257 g/mol. The SMILES string of the molecule is NC(=O)c1cccc2[nH]c(=O)c(C(F)(F)F)nc12. The van der Waals surface area contributed by atoms with Gasteiger partial charge in [0.1, 0.15) is 5.52 Å². The Kier molecular flexibility index (Phi) is 2.57. The van der Waals surface area contributed by atoms with E-state index in [1.165, 1.54) is 18.2 Å². The second-order valence-corrected chi connectivity index (χ2v) is 3.48. The maximum absolute atomic E-state index is 12.5. The summed E-state index contributed by atoms with van der Waals surface area (Å²) < 4.78 is 37.5. The molecule has 2 aromatic rings. The van der Waals surface area contributed by atoms with Crippen molar-refractivity contribution in [1.82, 2.24) is 9.97 Å². The first-order chi connectivity index (χ1) is 8.30. The number of halogens is 3. The second-order valence-electron chi connectivity index (χ2n) is 3.48. The van der Waals surface area contributed by atoms with Crippen molar-refractivity contribution in [3.05, 3.63) is 39.8 Å². The molecule has 0 aliphatic carbocycles. The molecule has 0 fully saturated rings. The van der Waals surface area contributed by atoms with Crippen molar-refractivity contribution in [1.29, 1.82) is 0 Å². The van der Waals surface area contributed by atoms with Crippen molar-refractivity contribution < 1.29 is 18.0 Å². The molecule has 0 saturated carbocycles. The van der Waals surface area contributed by atoms with Crippen LogP contribution >= 0.6 is 0 Å². The number of H-pyrrole nitrogens is 1.